The predicted octanol–water partition coefficient (Wildman–Crippen LogP) is 2.86. The van der Waals surface area contributed by atoms with Crippen molar-refractivity contribution in [3.8, 4) is 5.75 Å². The molecule has 3 atom stereocenters. The molecule has 4 aromatic rings. The van der Waals surface area contributed by atoms with Crippen LogP contribution >= 0.6 is 0 Å². The lowest BCUT2D eigenvalue weighted by molar-refractivity contribution is 0.0928. The van der Waals surface area contributed by atoms with Crippen molar-refractivity contribution in [3.63, 3.8) is 0 Å². The van der Waals surface area contributed by atoms with Crippen molar-refractivity contribution in [2.45, 2.75) is 37.8 Å². The van der Waals surface area contributed by atoms with Gasteiger partial charge in [-0.1, -0.05) is 18.2 Å². The molecule has 3 N–H and O–H groups in total. The summed E-state index contributed by atoms with van der Waals surface area (Å²) in [5.41, 5.74) is 4.44. The fraction of sp³-hybridized carbons (Fsp3) is 0.290. The van der Waals surface area contributed by atoms with Gasteiger partial charge in [-0.05, 0) is 54.8 Å². The number of aliphatic hydroxyl groups is 1. The molecule has 0 radical (unpaired) electrons. The van der Waals surface area contributed by atoms with Gasteiger partial charge in [-0.3, -0.25) is 4.79 Å². The molecular weight excluding hydrogens is 548 g/mol. The standard InChI is InChI=1S/C31H32N8O4/c1-42-20-10-8-19(9-11-20)18-37-15-12-21-27(37)29-33-17-24(30(40)35-23-16-25(23)43-2)39(29)36-28(21)34-22-6-5-14-38(31(22)41)26-7-3-4-13-32-26/h3-11,13-14,17,23,25,31,41H,12,15-16,18H2,1-2H3,(H,34,36)(H,35,40)/t23-,25-,31?/m1/s1. The number of anilines is 3. The molecule has 1 unspecified atom stereocenters. The number of hydrogen-bond acceptors (Lipinski definition) is 10. The van der Waals surface area contributed by atoms with Crippen LogP contribution in [0.25, 0.3) is 5.65 Å². The fourth-order valence-corrected chi connectivity index (χ4v) is 5.64. The molecule has 220 valence electrons. The monoisotopic (exact) mass is 580 g/mol. The summed E-state index contributed by atoms with van der Waals surface area (Å²) in [7, 11) is 3.29. The summed E-state index contributed by atoms with van der Waals surface area (Å²) in [5, 5.41) is 22.6. The van der Waals surface area contributed by atoms with E-state index in [0.717, 1.165) is 35.5 Å². The van der Waals surface area contributed by atoms with Crippen molar-refractivity contribution in [1.82, 2.24) is 24.9 Å². The third-order valence-electron chi connectivity index (χ3n) is 8.03. The van der Waals surface area contributed by atoms with E-state index in [-0.39, 0.29) is 18.1 Å². The van der Waals surface area contributed by atoms with Crippen LogP contribution < -0.4 is 25.2 Å². The zero-order chi connectivity index (χ0) is 29.5. The van der Waals surface area contributed by atoms with Gasteiger partial charge in [0, 0.05) is 38.2 Å². The molecule has 1 fully saturated rings. The molecular formula is C31H32N8O4. The summed E-state index contributed by atoms with van der Waals surface area (Å²) >= 11 is 0. The fourth-order valence-electron chi connectivity index (χ4n) is 5.64. The number of pyridine rings is 1. The van der Waals surface area contributed by atoms with Crippen LogP contribution in [0, 0.1) is 0 Å². The minimum Gasteiger partial charge on any atom is -0.497 e. The summed E-state index contributed by atoms with van der Waals surface area (Å²) in [4.78, 5) is 26.3. The Bertz CT molecular complexity index is 1720. The number of aromatic nitrogens is 4. The first-order valence-corrected chi connectivity index (χ1v) is 14.2. The van der Waals surface area contributed by atoms with Crippen molar-refractivity contribution >= 4 is 28.9 Å². The lowest BCUT2D eigenvalue weighted by Gasteiger charge is -2.30. The number of ether oxygens (including phenoxy) is 2. The number of fused-ring (bicyclic) bond motifs is 3. The highest BCUT2D eigenvalue weighted by Crippen LogP contribution is 2.38. The number of nitrogens with zero attached hydrogens (tertiary/aromatic N) is 6. The zero-order valence-corrected chi connectivity index (χ0v) is 23.8. The summed E-state index contributed by atoms with van der Waals surface area (Å²) in [5.74, 6) is 1.69. The second-order valence-electron chi connectivity index (χ2n) is 10.7. The molecule has 1 aliphatic carbocycles. The molecule has 0 spiro atoms. The number of allylic oxidation sites excluding steroid dienone is 2. The van der Waals surface area contributed by atoms with E-state index in [1.165, 1.54) is 0 Å². The summed E-state index contributed by atoms with van der Waals surface area (Å²) in [6, 6.07) is 13.5. The van der Waals surface area contributed by atoms with Gasteiger partial charge in [-0.2, -0.15) is 0 Å². The van der Waals surface area contributed by atoms with E-state index in [1.807, 2.05) is 54.6 Å². The minimum atomic E-state index is -1.02. The molecule has 43 heavy (non-hydrogen) atoms. The average molecular weight is 581 g/mol. The minimum absolute atomic E-state index is 0.0207. The highest BCUT2D eigenvalue weighted by Gasteiger charge is 2.39. The lowest BCUT2D eigenvalue weighted by Crippen LogP contribution is -2.37. The number of benzene rings is 1. The first kappa shape index (κ1) is 26.9. The summed E-state index contributed by atoms with van der Waals surface area (Å²) in [6.45, 7) is 1.38. The highest BCUT2D eigenvalue weighted by atomic mass is 16.5. The number of aliphatic hydroxyl groups excluding tert-OH is 1. The molecule has 0 saturated heterocycles. The van der Waals surface area contributed by atoms with Gasteiger partial charge in [0.1, 0.15) is 11.6 Å². The molecule has 1 amide bonds. The van der Waals surface area contributed by atoms with Crippen LogP contribution in [-0.2, 0) is 17.7 Å². The molecule has 2 aliphatic heterocycles. The number of imidazole rings is 1. The van der Waals surface area contributed by atoms with Gasteiger partial charge < -0.3 is 35.0 Å². The Labute approximate surface area is 248 Å². The van der Waals surface area contributed by atoms with Gasteiger partial charge in [-0.15, -0.1) is 5.10 Å². The van der Waals surface area contributed by atoms with E-state index in [9.17, 15) is 9.90 Å². The summed E-state index contributed by atoms with van der Waals surface area (Å²) < 4.78 is 12.3. The van der Waals surface area contributed by atoms with E-state index in [1.54, 1.807) is 42.2 Å². The normalized spacial score (nSPS) is 20.6. The Morgan fingerprint density at radius 3 is 2.74 bits per heavy atom. The van der Waals surface area contributed by atoms with Crippen LogP contribution in [0.15, 0.2) is 78.9 Å². The van der Waals surface area contributed by atoms with Gasteiger partial charge in [0.25, 0.3) is 5.91 Å². The van der Waals surface area contributed by atoms with Crippen molar-refractivity contribution in [3.05, 3.63) is 95.7 Å². The average Bonchev–Trinajstić information content (AvgIpc) is 3.43. The van der Waals surface area contributed by atoms with Gasteiger partial charge in [0.2, 0.25) is 0 Å². The predicted molar refractivity (Wildman–Crippen MR) is 161 cm³/mol. The molecule has 12 nitrogen and oxygen atoms in total. The van der Waals surface area contributed by atoms with Gasteiger partial charge in [0.15, 0.2) is 23.4 Å². The van der Waals surface area contributed by atoms with Crippen molar-refractivity contribution < 1.29 is 19.4 Å². The first-order chi connectivity index (χ1) is 21.0. The number of methoxy groups -OCH3 is 2. The van der Waals surface area contributed by atoms with Crippen LogP contribution in [0.2, 0.25) is 0 Å². The van der Waals surface area contributed by atoms with Gasteiger partial charge in [-0.25, -0.2) is 14.5 Å². The topological polar surface area (TPSA) is 129 Å². The van der Waals surface area contributed by atoms with Crippen LogP contribution in [0.3, 0.4) is 0 Å². The number of nitrogens with one attached hydrogen (secondary N) is 2. The number of rotatable bonds is 9. The van der Waals surface area contributed by atoms with E-state index < -0.39 is 6.23 Å². The number of amides is 1. The van der Waals surface area contributed by atoms with Crippen LogP contribution in [0.5, 0.6) is 5.75 Å². The molecule has 1 aromatic carbocycles. The largest absolute Gasteiger partial charge is 0.497 e. The quantitative estimate of drug-likeness (QED) is 0.272. The molecule has 3 aliphatic rings. The second-order valence-corrected chi connectivity index (χ2v) is 10.7. The van der Waals surface area contributed by atoms with Gasteiger partial charge >= 0.3 is 0 Å². The Morgan fingerprint density at radius 2 is 2.00 bits per heavy atom. The zero-order valence-electron chi connectivity index (χ0n) is 23.8. The first-order valence-electron chi connectivity index (χ1n) is 14.2. The molecule has 12 heteroatoms. The Morgan fingerprint density at radius 1 is 1.14 bits per heavy atom. The van der Waals surface area contributed by atoms with E-state index in [2.05, 4.69) is 25.5 Å². The number of carbonyl (C=O) groups excluding carboxylic acids is 1. The maximum atomic E-state index is 13.3. The van der Waals surface area contributed by atoms with Crippen LogP contribution in [0.4, 0.5) is 17.3 Å². The lowest BCUT2D eigenvalue weighted by atomic mass is 10.2. The Hall–Kier alpha value is -4.94. The van der Waals surface area contributed by atoms with E-state index in [4.69, 9.17) is 14.6 Å². The summed E-state index contributed by atoms with van der Waals surface area (Å²) in [6.07, 6.45) is 9.17. The molecule has 3 aromatic heterocycles. The van der Waals surface area contributed by atoms with Crippen molar-refractivity contribution in [1.29, 1.82) is 0 Å². The van der Waals surface area contributed by atoms with Gasteiger partial charge in [0.05, 0.1) is 36.8 Å². The Kier molecular flexibility index (Phi) is 6.92. The molecule has 7 rings (SSSR count). The molecule has 1 saturated carbocycles. The maximum absolute atomic E-state index is 13.3. The second kappa shape index (κ2) is 11.0. The Balaban J connectivity index is 1.25. The van der Waals surface area contributed by atoms with Crippen LogP contribution in [0.1, 0.15) is 28.0 Å². The smallest absolute Gasteiger partial charge is 0.271 e. The maximum Gasteiger partial charge on any atom is 0.271 e. The van der Waals surface area contributed by atoms with Crippen LogP contribution in [-0.4, -0.2) is 69.7 Å². The number of hydrogen-bond donors (Lipinski definition) is 3. The van der Waals surface area contributed by atoms with E-state index >= 15 is 0 Å². The van der Waals surface area contributed by atoms with E-state index in [0.29, 0.717) is 41.6 Å². The highest BCUT2D eigenvalue weighted by molar-refractivity contribution is 5.95. The third-order valence-corrected chi connectivity index (χ3v) is 8.03. The molecule has 5 heterocycles. The van der Waals surface area contributed by atoms with Crippen molar-refractivity contribution in [2.75, 3.05) is 35.9 Å². The molecule has 0 bridgehead atoms. The third kappa shape index (κ3) is 5.04. The number of carbonyl (C=O) groups is 1. The van der Waals surface area contributed by atoms with Crippen molar-refractivity contribution in [2.24, 2.45) is 0 Å². The SMILES string of the molecule is COc1ccc(CN2CCc3c(NC4=CC=CN(c5ccccn5)C4O)nn4c(C(=O)N[C@@H]5C[C@H]5OC)cnc4c32)cc1.